The first-order valence-corrected chi connectivity index (χ1v) is 9.62. The zero-order chi connectivity index (χ0) is 19.8. The third-order valence-electron chi connectivity index (χ3n) is 4.48. The highest BCUT2D eigenvalue weighted by Gasteiger charge is 2.08. The van der Waals surface area contributed by atoms with Crippen LogP contribution in [0, 0.1) is 0 Å². The summed E-state index contributed by atoms with van der Waals surface area (Å²) in [5.74, 6) is 2.75. The Hall–Kier alpha value is -2.36. The van der Waals surface area contributed by atoms with E-state index < -0.39 is 0 Å². The van der Waals surface area contributed by atoms with E-state index in [2.05, 4.69) is 46.5 Å². The van der Waals surface area contributed by atoms with Crippen LogP contribution in [-0.2, 0) is 13.0 Å². The maximum Gasteiger partial charge on any atom is 0.193 e. The molecular formula is C21H29IN6O. The van der Waals surface area contributed by atoms with Gasteiger partial charge in [0.05, 0.1) is 7.11 Å². The Morgan fingerprint density at radius 1 is 1.17 bits per heavy atom. The molecule has 2 heterocycles. The van der Waals surface area contributed by atoms with Gasteiger partial charge in [0, 0.05) is 39.3 Å². The van der Waals surface area contributed by atoms with Crippen molar-refractivity contribution in [3.05, 3.63) is 60.0 Å². The van der Waals surface area contributed by atoms with Gasteiger partial charge in [0.15, 0.2) is 11.6 Å². The molecule has 1 aromatic carbocycles. The van der Waals surface area contributed by atoms with Gasteiger partial charge >= 0.3 is 0 Å². The fraction of sp³-hybridized carbons (Fsp3) is 0.381. The van der Waals surface area contributed by atoms with Gasteiger partial charge in [-0.05, 0) is 43.2 Å². The van der Waals surface area contributed by atoms with Gasteiger partial charge in [-0.15, -0.1) is 34.2 Å². The SMILES string of the molecule is CCNC(=NCCCc1nnc2ccccn12)N(C)Cc1ccc(OC)cc1.I. The van der Waals surface area contributed by atoms with Gasteiger partial charge in [-0.1, -0.05) is 18.2 Å². The maximum atomic E-state index is 5.22. The molecule has 156 valence electrons. The predicted molar refractivity (Wildman–Crippen MR) is 127 cm³/mol. The first kappa shape index (κ1) is 22.9. The van der Waals surface area contributed by atoms with Gasteiger partial charge in [0.2, 0.25) is 0 Å². The number of aryl methyl sites for hydroxylation is 1. The maximum absolute atomic E-state index is 5.22. The van der Waals surface area contributed by atoms with E-state index in [4.69, 9.17) is 9.73 Å². The van der Waals surface area contributed by atoms with Crippen LogP contribution in [0.5, 0.6) is 5.75 Å². The Morgan fingerprint density at radius 2 is 1.97 bits per heavy atom. The smallest absolute Gasteiger partial charge is 0.193 e. The van der Waals surface area contributed by atoms with Crippen LogP contribution in [0.2, 0.25) is 0 Å². The predicted octanol–water partition coefficient (Wildman–Crippen LogP) is 3.39. The molecule has 0 bridgehead atoms. The van der Waals surface area contributed by atoms with Crippen LogP contribution in [0.3, 0.4) is 0 Å². The summed E-state index contributed by atoms with van der Waals surface area (Å²) >= 11 is 0. The quantitative estimate of drug-likeness (QED) is 0.219. The standard InChI is InChI=1S/C21H28N6O.HI/c1-4-22-21(26(2)16-17-10-12-18(28-3)13-11-17)23-14-7-9-20-25-24-19-8-5-6-15-27(19)20;/h5-6,8,10-13,15H,4,7,9,14,16H2,1-3H3,(H,22,23);1H. The minimum atomic E-state index is 0. The second-order valence-corrected chi connectivity index (χ2v) is 6.59. The fourth-order valence-electron chi connectivity index (χ4n) is 3.03. The molecule has 1 N–H and O–H groups in total. The third-order valence-corrected chi connectivity index (χ3v) is 4.48. The highest BCUT2D eigenvalue weighted by atomic mass is 127. The normalized spacial score (nSPS) is 11.2. The number of ether oxygens (including phenoxy) is 1. The number of methoxy groups -OCH3 is 1. The van der Waals surface area contributed by atoms with Crippen LogP contribution < -0.4 is 10.1 Å². The Morgan fingerprint density at radius 3 is 2.69 bits per heavy atom. The molecule has 0 amide bonds. The van der Waals surface area contributed by atoms with Crippen molar-refractivity contribution >= 4 is 35.6 Å². The number of fused-ring (bicyclic) bond motifs is 1. The molecule has 3 rings (SSSR count). The number of aromatic nitrogens is 3. The number of halogens is 1. The highest BCUT2D eigenvalue weighted by molar-refractivity contribution is 14.0. The third kappa shape index (κ3) is 6.31. The average Bonchev–Trinajstić information content (AvgIpc) is 3.14. The highest BCUT2D eigenvalue weighted by Crippen LogP contribution is 2.12. The molecule has 2 aromatic heterocycles. The Balaban J connectivity index is 0.00000300. The van der Waals surface area contributed by atoms with E-state index in [0.717, 1.165) is 55.7 Å². The summed E-state index contributed by atoms with van der Waals surface area (Å²) in [6.45, 7) is 4.43. The number of rotatable bonds is 8. The summed E-state index contributed by atoms with van der Waals surface area (Å²) in [5, 5.41) is 11.8. The van der Waals surface area contributed by atoms with Crippen LogP contribution in [0.15, 0.2) is 53.7 Å². The molecule has 0 unspecified atom stereocenters. The van der Waals surface area contributed by atoms with Gasteiger partial charge in [-0.25, -0.2) is 0 Å². The topological polar surface area (TPSA) is 67.0 Å². The molecule has 0 fully saturated rings. The molecule has 8 heteroatoms. The number of pyridine rings is 1. The first-order chi connectivity index (χ1) is 13.7. The van der Waals surface area contributed by atoms with E-state index in [1.165, 1.54) is 5.56 Å². The van der Waals surface area contributed by atoms with Crippen molar-refractivity contribution in [3.63, 3.8) is 0 Å². The minimum Gasteiger partial charge on any atom is -0.497 e. The summed E-state index contributed by atoms with van der Waals surface area (Å²) in [4.78, 5) is 6.91. The molecule has 0 saturated heterocycles. The van der Waals surface area contributed by atoms with Gasteiger partial charge in [0.25, 0.3) is 0 Å². The van der Waals surface area contributed by atoms with Crippen LogP contribution in [0.1, 0.15) is 24.7 Å². The second kappa shape index (κ2) is 11.6. The zero-order valence-corrected chi connectivity index (χ0v) is 19.5. The molecule has 0 aliphatic rings. The van der Waals surface area contributed by atoms with Gasteiger partial charge in [0.1, 0.15) is 11.6 Å². The van der Waals surface area contributed by atoms with E-state index in [1.54, 1.807) is 7.11 Å². The summed E-state index contributed by atoms with van der Waals surface area (Å²) in [6.07, 6.45) is 3.76. The molecule has 0 aliphatic heterocycles. The molecular weight excluding hydrogens is 479 g/mol. The molecule has 0 radical (unpaired) electrons. The number of hydrogen-bond acceptors (Lipinski definition) is 4. The summed E-state index contributed by atoms with van der Waals surface area (Å²) < 4.78 is 7.25. The molecule has 7 nitrogen and oxygen atoms in total. The lowest BCUT2D eigenvalue weighted by Gasteiger charge is -2.22. The monoisotopic (exact) mass is 508 g/mol. The van der Waals surface area contributed by atoms with E-state index in [1.807, 2.05) is 40.9 Å². The number of nitrogens with zero attached hydrogens (tertiary/aromatic N) is 5. The van der Waals surface area contributed by atoms with Crippen molar-refractivity contribution in [2.45, 2.75) is 26.3 Å². The number of nitrogens with one attached hydrogen (secondary N) is 1. The lowest BCUT2D eigenvalue weighted by molar-refractivity contribution is 0.414. The molecule has 3 aromatic rings. The van der Waals surface area contributed by atoms with Crippen molar-refractivity contribution in [3.8, 4) is 5.75 Å². The lowest BCUT2D eigenvalue weighted by atomic mass is 10.2. The zero-order valence-electron chi connectivity index (χ0n) is 17.2. The Kier molecular flexibility index (Phi) is 9.17. The van der Waals surface area contributed by atoms with Gasteiger partial charge in [-0.2, -0.15) is 0 Å². The molecule has 0 saturated carbocycles. The van der Waals surface area contributed by atoms with Crippen LogP contribution in [-0.4, -0.2) is 52.7 Å². The van der Waals surface area contributed by atoms with Crippen LogP contribution in [0.25, 0.3) is 5.65 Å². The molecule has 0 aliphatic carbocycles. The fourth-order valence-corrected chi connectivity index (χ4v) is 3.03. The largest absolute Gasteiger partial charge is 0.497 e. The lowest BCUT2D eigenvalue weighted by Crippen LogP contribution is -2.38. The van der Waals surface area contributed by atoms with E-state index in [9.17, 15) is 0 Å². The van der Waals surface area contributed by atoms with E-state index in [-0.39, 0.29) is 24.0 Å². The molecule has 29 heavy (non-hydrogen) atoms. The average molecular weight is 508 g/mol. The van der Waals surface area contributed by atoms with Crippen molar-refractivity contribution in [1.82, 2.24) is 24.8 Å². The van der Waals surface area contributed by atoms with Crippen molar-refractivity contribution in [1.29, 1.82) is 0 Å². The second-order valence-electron chi connectivity index (χ2n) is 6.59. The Labute approximate surface area is 189 Å². The first-order valence-electron chi connectivity index (χ1n) is 9.62. The summed E-state index contributed by atoms with van der Waals surface area (Å²) in [5.41, 5.74) is 2.09. The Bertz CT molecular complexity index is 909. The number of benzene rings is 1. The number of aliphatic imine (C=N–C) groups is 1. The summed E-state index contributed by atoms with van der Waals surface area (Å²) in [6, 6.07) is 14.1. The van der Waals surface area contributed by atoms with E-state index >= 15 is 0 Å². The molecule has 0 spiro atoms. The van der Waals surface area contributed by atoms with E-state index in [0.29, 0.717) is 0 Å². The number of hydrogen-bond donors (Lipinski definition) is 1. The van der Waals surface area contributed by atoms with Gasteiger partial charge in [-0.3, -0.25) is 9.39 Å². The summed E-state index contributed by atoms with van der Waals surface area (Å²) in [7, 11) is 3.73. The van der Waals surface area contributed by atoms with Crippen LogP contribution >= 0.6 is 24.0 Å². The van der Waals surface area contributed by atoms with Crippen molar-refractivity contribution < 1.29 is 4.74 Å². The van der Waals surface area contributed by atoms with Crippen LogP contribution in [0.4, 0.5) is 0 Å². The molecule has 0 atom stereocenters. The van der Waals surface area contributed by atoms with Crippen molar-refractivity contribution in [2.24, 2.45) is 4.99 Å². The number of guanidine groups is 1. The van der Waals surface area contributed by atoms with Crippen molar-refractivity contribution in [2.75, 3.05) is 27.2 Å². The minimum absolute atomic E-state index is 0. The van der Waals surface area contributed by atoms with Gasteiger partial charge < -0.3 is 15.0 Å².